The number of nitrogens with one attached hydrogen (secondary N) is 1. The van der Waals surface area contributed by atoms with Gasteiger partial charge >= 0.3 is 0 Å². The zero-order valence-electron chi connectivity index (χ0n) is 13.9. The van der Waals surface area contributed by atoms with Crippen LogP contribution in [0.25, 0.3) is 22.0 Å². The summed E-state index contributed by atoms with van der Waals surface area (Å²) in [4.78, 5) is 33.4. The van der Waals surface area contributed by atoms with E-state index in [-0.39, 0.29) is 11.3 Å². The number of ketones is 1. The molecule has 2 heterocycles. The number of aromatic amines is 1. The molecular weight excluding hydrogens is 326 g/mol. The molecule has 26 heavy (non-hydrogen) atoms. The standard InChI is InChI=1S/C21H15N3O2/c25-20-16-7-3-2-6-15(16)19-18(20)14-5-1-4-8-17(14)21(26)24(19)10-9-13-11-22-12-23-13/h1-8,11-12H,9-10H2,(H,22,23). The Morgan fingerprint density at radius 1 is 0.923 bits per heavy atom. The van der Waals surface area contributed by atoms with Crippen LogP contribution in [-0.2, 0) is 13.0 Å². The monoisotopic (exact) mass is 341 g/mol. The molecule has 4 aromatic rings. The molecule has 2 aromatic carbocycles. The Kier molecular flexibility index (Phi) is 3.15. The largest absolute Gasteiger partial charge is 0.348 e. The summed E-state index contributed by atoms with van der Waals surface area (Å²) in [5, 5.41) is 1.31. The van der Waals surface area contributed by atoms with Crippen molar-refractivity contribution in [3.8, 4) is 11.3 Å². The van der Waals surface area contributed by atoms with Crippen molar-refractivity contribution >= 4 is 16.6 Å². The van der Waals surface area contributed by atoms with Crippen molar-refractivity contribution in [2.24, 2.45) is 0 Å². The fourth-order valence-electron chi connectivity index (χ4n) is 3.80. The van der Waals surface area contributed by atoms with Crippen LogP contribution in [0.1, 0.15) is 21.6 Å². The van der Waals surface area contributed by atoms with E-state index >= 15 is 0 Å². The number of H-pyrrole nitrogens is 1. The number of carbonyl (C=O) groups excluding carboxylic acids is 1. The van der Waals surface area contributed by atoms with Crippen molar-refractivity contribution in [3.63, 3.8) is 0 Å². The molecule has 0 bridgehead atoms. The minimum Gasteiger partial charge on any atom is -0.348 e. The van der Waals surface area contributed by atoms with Crippen LogP contribution >= 0.6 is 0 Å². The highest BCUT2D eigenvalue weighted by molar-refractivity contribution is 6.26. The van der Waals surface area contributed by atoms with Crippen molar-refractivity contribution in [2.45, 2.75) is 13.0 Å². The molecule has 5 nitrogen and oxygen atoms in total. The van der Waals surface area contributed by atoms with Gasteiger partial charge in [-0.05, 0) is 6.07 Å². The third-order valence-corrected chi connectivity index (χ3v) is 4.99. The van der Waals surface area contributed by atoms with Crippen LogP contribution in [0.15, 0.2) is 65.8 Å². The molecule has 0 saturated carbocycles. The number of pyridine rings is 1. The van der Waals surface area contributed by atoms with E-state index < -0.39 is 0 Å². The van der Waals surface area contributed by atoms with E-state index in [2.05, 4.69) is 9.97 Å². The van der Waals surface area contributed by atoms with Gasteiger partial charge in [-0.2, -0.15) is 0 Å². The first kappa shape index (κ1) is 14.8. The molecule has 0 radical (unpaired) electrons. The van der Waals surface area contributed by atoms with Gasteiger partial charge in [-0.1, -0.05) is 42.5 Å². The summed E-state index contributed by atoms with van der Waals surface area (Å²) in [7, 11) is 0. The normalized spacial score (nSPS) is 12.4. The van der Waals surface area contributed by atoms with Crippen LogP contribution in [-0.4, -0.2) is 20.3 Å². The van der Waals surface area contributed by atoms with Gasteiger partial charge in [-0.3, -0.25) is 9.59 Å². The maximum atomic E-state index is 13.2. The van der Waals surface area contributed by atoms with E-state index in [1.807, 2.05) is 42.5 Å². The van der Waals surface area contributed by atoms with Crippen molar-refractivity contribution < 1.29 is 4.79 Å². The van der Waals surface area contributed by atoms with Gasteiger partial charge in [0, 0.05) is 46.8 Å². The Balaban J connectivity index is 1.81. The summed E-state index contributed by atoms with van der Waals surface area (Å²) in [6, 6.07) is 14.9. The molecule has 0 spiro atoms. The van der Waals surface area contributed by atoms with Gasteiger partial charge in [-0.15, -0.1) is 0 Å². The number of aromatic nitrogens is 3. The average Bonchev–Trinajstić information content (AvgIpc) is 3.29. The van der Waals surface area contributed by atoms with Crippen LogP contribution < -0.4 is 5.56 Å². The smallest absolute Gasteiger partial charge is 0.258 e. The van der Waals surface area contributed by atoms with Crippen LogP contribution in [0.5, 0.6) is 0 Å². The summed E-state index contributed by atoms with van der Waals surface area (Å²) >= 11 is 0. The second-order valence-electron chi connectivity index (χ2n) is 6.43. The molecule has 0 unspecified atom stereocenters. The first-order valence-electron chi connectivity index (χ1n) is 8.52. The third-order valence-electron chi connectivity index (χ3n) is 4.99. The van der Waals surface area contributed by atoms with E-state index in [1.54, 1.807) is 23.2 Å². The van der Waals surface area contributed by atoms with E-state index in [0.717, 1.165) is 22.3 Å². The number of nitrogens with zero attached hydrogens (tertiary/aromatic N) is 2. The molecule has 5 rings (SSSR count). The Hall–Kier alpha value is -3.47. The highest BCUT2D eigenvalue weighted by Crippen LogP contribution is 2.39. The first-order chi connectivity index (χ1) is 12.8. The van der Waals surface area contributed by atoms with Crippen molar-refractivity contribution in [3.05, 3.63) is 88.2 Å². The van der Waals surface area contributed by atoms with Crippen LogP contribution in [0, 0.1) is 0 Å². The zero-order valence-corrected chi connectivity index (χ0v) is 13.9. The topological polar surface area (TPSA) is 67.8 Å². The molecule has 0 amide bonds. The Morgan fingerprint density at radius 3 is 2.42 bits per heavy atom. The van der Waals surface area contributed by atoms with Crippen LogP contribution in [0.2, 0.25) is 0 Å². The summed E-state index contributed by atoms with van der Waals surface area (Å²) in [6.45, 7) is 0.482. The molecule has 0 fully saturated rings. The van der Waals surface area contributed by atoms with E-state index in [1.165, 1.54) is 0 Å². The number of aryl methyl sites for hydroxylation is 1. The van der Waals surface area contributed by atoms with Gasteiger partial charge in [0.15, 0.2) is 5.78 Å². The number of fused-ring (bicyclic) bond motifs is 5. The number of imidazole rings is 1. The summed E-state index contributed by atoms with van der Waals surface area (Å²) < 4.78 is 1.74. The van der Waals surface area contributed by atoms with Crippen molar-refractivity contribution in [1.29, 1.82) is 0 Å². The number of rotatable bonds is 3. The Labute approximate surface area is 148 Å². The summed E-state index contributed by atoms with van der Waals surface area (Å²) in [5.41, 5.74) is 3.74. The molecule has 1 aliphatic carbocycles. The third kappa shape index (κ3) is 2.00. The number of benzene rings is 2. The minimum atomic E-state index is -0.0663. The lowest BCUT2D eigenvalue weighted by atomic mass is 10.0. The number of hydrogen-bond donors (Lipinski definition) is 1. The van der Waals surface area contributed by atoms with Gasteiger partial charge in [0.1, 0.15) is 0 Å². The highest BCUT2D eigenvalue weighted by atomic mass is 16.1. The second kappa shape index (κ2) is 5.52. The van der Waals surface area contributed by atoms with E-state index in [4.69, 9.17) is 0 Å². The van der Waals surface area contributed by atoms with Gasteiger partial charge in [0.05, 0.1) is 17.6 Å². The summed E-state index contributed by atoms with van der Waals surface area (Å²) in [5.74, 6) is -0.0120. The Morgan fingerprint density at radius 2 is 1.65 bits per heavy atom. The fraction of sp³-hybridized carbons (Fsp3) is 0.0952. The number of hydrogen-bond acceptors (Lipinski definition) is 3. The lowest BCUT2D eigenvalue weighted by Crippen LogP contribution is -2.24. The maximum absolute atomic E-state index is 13.2. The van der Waals surface area contributed by atoms with Crippen molar-refractivity contribution in [2.75, 3.05) is 0 Å². The summed E-state index contributed by atoms with van der Waals surface area (Å²) in [6.07, 6.45) is 4.02. The van der Waals surface area contributed by atoms with Gasteiger partial charge in [0.2, 0.25) is 0 Å². The lowest BCUT2D eigenvalue weighted by molar-refractivity contribution is 0.104. The Bertz CT molecular complexity index is 1220. The SMILES string of the molecule is O=C1c2ccccc2-c2c1c1ccccc1c(=O)n2CCc1cnc[nH]1. The zero-order chi connectivity index (χ0) is 17.7. The molecule has 0 aliphatic heterocycles. The molecule has 126 valence electrons. The molecule has 1 aliphatic rings. The quantitative estimate of drug-likeness (QED) is 0.548. The van der Waals surface area contributed by atoms with E-state index in [9.17, 15) is 9.59 Å². The lowest BCUT2D eigenvalue weighted by Gasteiger charge is -2.14. The molecule has 0 atom stereocenters. The molecule has 1 N–H and O–H groups in total. The highest BCUT2D eigenvalue weighted by Gasteiger charge is 2.32. The predicted molar refractivity (Wildman–Crippen MR) is 99.4 cm³/mol. The predicted octanol–water partition coefficient (Wildman–Crippen LogP) is 3.18. The van der Waals surface area contributed by atoms with Gasteiger partial charge in [-0.25, -0.2) is 4.98 Å². The minimum absolute atomic E-state index is 0.0120. The maximum Gasteiger partial charge on any atom is 0.258 e. The molecule has 5 heteroatoms. The second-order valence-corrected chi connectivity index (χ2v) is 6.43. The molecule has 0 saturated heterocycles. The molecule has 2 aromatic heterocycles. The van der Waals surface area contributed by atoms with Gasteiger partial charge in [0.25, 0.3) is 5.56 Å². The first-order valence-corrected chi connectivity index (χ1v) is 8.52. The van der Waals surface area contributed by atoms with Crippen LogP contribution in [0.4, 0.5) is 0 Å². The molecular formula is C21H15N3O2. The average molecular weight is 341 g/mol. The van der Waals surface area contributed by atoms with Gasteiger partial charge < -0.3 is 9.55 Å². The van der Waals surface area contributed by atoms with E-state index in [0.29, 0.717) is 29.5 Å². The van der Waals surface area contributed by atoms with Crippen molar-refractivity contribution in [1.82, 2.24) is 14.5 Å². The fourth-order valence-corrected chi connectivity index (χ4v) is 3.80. The number of carbonyl (C=O) groups is 1. The van der Waals surface area contributed by atoms with Crippen LogP contribution in [0.3, 0.4) is 0 Å².